The second-order valence-corrected chi connectivity index (χ2v) is 23.3. The first-order valence-corrected chi connectivity index (χ1v) is 26.7. The molecular weight excluding hydrogens is 897 g/mol. The number of aromatic carboxylic acids is 1. The van der Waals surface area contributed by atoms with Gasteiger partial charge in [0.1, 0.15) is 5.82 Å². The Kier molecular flexibility index (Phi) is 14.8. The number of aryl methyl sites for hydroxylation is 3. The fraction of sp³-hybridized carbons (Fsp3) is 0.593. The van der Waals surface area contributed by atoms with E-state index in [-0.39, 0.29) is 27.5 Å². The average molecular weight is 971 g/mol. The first-order valence-electron chi connectivity index (χ1n) is 25.8. The van der Waals surface area contributed by atoms with Gasteiger partial charge in [0, 0.05) is 49.2 Å². The number of carbonyl (C=O) groups is 1. The van der Waals surface area contributed by atoms with Gasteiger partial charge in [0.05, 0.1) is 34.3 Å². The number of fused-ring (bicyclic) bond motifs is 1. The number of rotatable bonds is 25. The first-order chi connectivity index (χ1) is 33.6. The van der Waals surface area contributed by atoms with Crippen molar-refractivity contribution < 1.29 is 14.6 Å². The number of thiazole rings is 1. The van der Waals surface area contributed by atoms with Crippen molar-refractivity contribution in [1.29, 1.82) is 0 Å². The molecule has 0 amide bonds. The van der Waals surface area contributed by atoms with Gasteiger partial charge < -0.3 is 25.0 Å². The van der Waals surface area contributed by atoms with Gasteiger partial charge in [-0.3, -0.25) is 9.36 Å². The van der Waals surface area contributed by atoms with Gasteiger partial charge in [-0.05, 0) is 151 Å². The second-order valence-electron chi connectivity index (χ2n) is 22.2. The molecule has 4 aliphatic carbocycles. The van der Waals surface area contributed by atoms with Crippen LogP contribution in [0.3, 0.4) is 0 Å². The molecule has 10 rings (SSSR count). The summed E-state index contributed by atoms with van der Waals surface area (Å²) < 4.78 is 12.1. The number of nitrogens with one attached hydrogen (secondary N) is 1. The first kappa shape index (κ1) is 49.7. The summed E-state index contributed by atoms with van der Waals surface area (Å²) in [7, 11) is 4.21. The Morgan fingerprint density at radius 3 is 2.37 bits per heavy atom. The molecule has 1 aromatic carbocycles. The number of ether oxygens (including phenoxy) is 1. The zero-order valence-corrected chi connectivity index (χ0v) is 43.5. The van der Waals surface area contributed by atoms with Crippen LogP contribution in [0.2, 0.25) is 0 Å². The number of benzene rings is 1. The molecule has 5 aromatic heterocycles. The molecule has 0 spiro atoms. The zero-order valence-electron chi connectivity index (χ0n) is 42.6. The van der Waals surface area contributed by atoms with Gasteiger partial charge in [0.25, 0.3) is 0 Å². The SMILES string of the molecule is CCCCCCCCc1cn(CCCCCN(c2cc(C)c(Nc3nc4ccccc4s3)nn2)c2ccc(-c3cnn(CC45CC6(C)CC(C)(C4)CC(OCCN(C)C)(C6)C5)c3C)c(C(=O)O)n2)nn1. The van der Waals surface area contributed by atoms with Crippen LogP contribution >= 0.6 is 11.3 Å². The Hall–Kier alpha value is -5.32. The number of hydrogen-bond donors (Lipinski definition) is 2. The van der Waals surface area contributed by atoms with E-state index in [1.54, 1.807) is 11.3 Å². The standard InChI is InChI=1S/C54H74N12O3S/c1-8-9-10-11-12-14-19-40-30-64(62-59-40)24-17-13-18-25-65(46-28-38(2)48(61-60-46)58-50-56-43-20-15-16-21-44(43)70-50)45-23-22-41(47(57-45)49(67)68)42-29-55-66(39(42)3)37-53-32-51(4)31-52(5,33-53)35-54(34-51,36-53)69-27-26-63(6)7/h15-16,20-23,28-30H,8-14,17-19,24-27,31-37H2,1-7H3,(H,67,68)(H,56,58,61). The predicted octanol–water partition coefficient (Wildman–Crippen LogP) is 11.6. The lowest BCUT2D eigenvalue weighted by Gasteiger charge is -2.69. The summed E-state index contributed by atoms with van der Waals surface area (Å²) in [6.45, 7) is 15.0. The van der Waals surface area contributed by atoms with Crippen LogP contribution in [0.25, 0.3) is 21.3 Å². The largest absolute Gasteiger partial charge is 0.476 e. The van der Waals surface area contributed by atoms with Crippen LogP contribution in [-0.4, -0.2) is 100 Å². The second kappa shape index (κ2) is 20.8. The molecule has 6 aromatic rings. The lowest BCUT2D eigenvalue weighted by Crippen LogP contribution is -2.64. The highest BCUT2D eigenvalue weighted by molar-refractivity contribution is 7.22. The third kappa shape index (κ3) is 11.2. The molecule has 0 saturated heterocycles. The molecule has 0 radical (unpaired) electrons. The molecule has 2 unspecified atom stereocenters. The average Bonchev–Trinajstić information content (AvgIpc) is 4.03. The fourth-order valence-electron chi connectivity index (χ4n) is 13.2. The van der Waals surface area contributed by atoms with Crippen LogP contribution in [0.5, 0.6) is 0 Å². The minimum absolute atomic E-state index is 0.0185. The van der Waals surface area contributed by atoms with Crippen LogP contribution in [0.1, 0.15) is 145 Å². The van der Waals surface area contributed by atoms with Crippen molar-refractivity contribution in [3.63, 3.8) is 0 Å². The van der Waals surface area contributed by atoms with E-state index in [1.165, 1.54) is 38.5 Å². The third-order valence-electron chi connectivity index (χ3n) is 15.2. The van der Waals surface area contributed by atoms with Crippen molar-refractivity contribution in [2.24, 2.45) is 16.2 Å². The molecular formula is C54H74N12O3S. The van der Waals surface area contributed by atoms with E-state index >= 15 is 0 Å². The third-order valence-corrected chi connectivity index (χ3v) is 16.2. The van der Waals surface area contributed by atoms with Crippen molar-refractivity contribution >= 4 is 50.1 Å². The number of anilines is 4. The Bertz CT molecular complexity index is 2710. The smallest absolute Gasteiger partial charge is 0.355 e. The maximum atomic E-state index is 13.3. The maximum absolute atomic E-state index is 13.3. The van der Waals surface area contributed by atoms with Gasteiger partial charge in [-0.15, -0.1) is 15.3 Å². The summed E-state index contributed by atoms with van der Waals surface area (Å²) in [5.74, 6) is 0.600. The molecule has 4 bridgehead atoms. The number of likely N-dealkylation sites (N-methyl/N-ethyl adjacent to an activating group) is 1. The topological polar surface area (TPSA) is 165 Å². The minimum Gasteiger partial charge on any atom is -0.476 e. The number of nitrogens with zero attached hydrogens (tertiary/aromatic N) is 11. The van der Waals surface area contributed by atoms with Crippen LogP contribution in [0.15, 0.2) is 54.9 Å². The van der Waals surface area contributed by atoms with Crippen LogP contribution in [0.4, 0.5) is 22.6 Å². The predicted molar refractivity (Wildman–Crippen MR) is 278 cm³/mol. The molecule has 2 atom stereocenters. The number of carboxylic acid groups (broad SMARTS) is 1. The molecule has 70 heavy (non-hydrogen) atoms. The van der Waals surface area contributed by atoms with Crippen LogP contribution in [-0.2, 0) is 24.2 Å². The quantitative estimate of drug-likeness (QED) is 0.0521. The van der Waals surface area contributed by atoms with Crippen molar-refractivity contribution in [3.05, 3.63) is 77.5 Å². The van der Waals surface area contributed by atoms with E-state index in [0.717, 1.165) is 128 Å². The Balaban J connectivity index is 0.932. The monoisotopic (exact) mass is 971 g/mol. The van der Waals surface area contributed by atoms with Gasteiger partial charge in [0.15, 0.2) is 22.5 Å². The van der Waals surface area contributed by atoms with Gasteiger partial charge in [-0.2, -0.15) is 5.10 Å². The summed E-state index contributed by atoms with van der Waals surface area (Å²) in [5.41, 5.74) is 5.49. The molecule has 16 heteroatoms. The normalized spacial score (nSPS) is 22.7. The Labute approximate surface area is 417 Å². The number of pyridine rings is 1. The van der Waals surface area contributed by atoms with Gasteiger partial charge >= 0.3 is 5.97 Å². The van der Waals surface area contributed by atoms with E-state index in [9.17, 15) is 9.90 Å². The number of hydrogen-bond acceptors (Lipinski definition) is 13. The highest BCUT2D eigenvalue weighted by atomic mass is 32.1. The minimum atomic E-state index is -1.09. The van der Waals surface area contributed by atoms with E-state index in [4.69, 9.17) is 24.9 Å². The molecule has 4 fully saturated rings. The van der Waals surface area contributed by atoms with E-state index in [0.29, 0.717) is 29.6 Å². The lowest BCUT2D eigenvalue weighted by molar-refractivity contribution is -0.248. The van der Waals surface area contributed by atoms with E-state index in [2.05, 4.69) is 84.4 Å². The van der Waals surface area contributed by atoms with E-state index < -0.39 is 5.97 Å². The number of aromatic nitrogens is 9. The summed E-state index contributed by atoms with van der Waals surface area (Å²) in [6.07, 6.45) is 21.9. The highest BCUT2D eigenvalue weighted by Gasteiger charge is 2.66. The number of unbranched alkanes of at least 4 members (excludes halogenated alkanes) is 7. The molecule has 2 N–H and O–H groups in total. The van der Waals surface area contributed by atoms with Gasteiger partial charge in [-0.1, -0.05) is 81.6 Å². The summed E-state index contributed by atoms with van der Waals surface area (Å²) in [4.78, 5) is 27.1. The van der Waals surface area contributed by atoms with Crippen molar-refractivity contribution in [3.8, 4) is 11.1 Å². The number of para-hydroxylation sites is 1. The molecule has 4 saturated carbocycles. The molecule has 5 heterocycles. The van der Waals surface area contributed by atoms with Crippen LogP contribution in [0, 0.1) is 30.1 Å². The van der Waals surface area contributed by atoms with Crippen molar-refractivity contribution in [1.82, 2.24) is 49.8 Å². The van der Waals surface area contributed by atoms with Crippen molar-refractivity contribution in [2.75, 3.05) is 44.0 Å². The molecule has 374 valence electrons. The number of carboxylic acids is 1. The lowest BCUT2D eigenvalue weighted by atomic mass is 9.39. The zero-order chi connectivity index (χ0) is 49.1. The molecule has 0 aliphatic heterocycles. The maximum Gasteiger partial charge on any atom is 0.355 e. The highest BCUT2D eigenvalue weighted by Crippen LogP contribution is 2.72. The summed E-state index contributed by atoms with van der Waals surface area (Å²) in [6, 6.07) is 13.8. The van der Waals surface area contributed by atoms with Crippen LogP contribution < -0.4 is 10.2 Å². The summed E-state index contributed by atoms with van der Waals surface area (Å²) >= 11 is 1.56. The van der Waals surface area contributed by atoms with Gasteiger partial charge in [0.2, 0.25) is 0 Å². The Morgan fingerprint density at radius 1 is 0.843 bits per heavy atom. The van der Waals surface area contributed by atoms with E-state index in [1.807, 2.05) is 59.1 Å². The molecule has 15 nitrogen and oxygen atoms in total. The summed E-state index contributed by atoms with van der Waals surface area (Å²) in [5, 5.41) is 38.2. The molecule has 4 aliphatic rings. The van der Waals surface area contributed by atoms with Crippen molar-refractivity contribution in [2.45, 2.75) is 156 Å². The van der Waals surface area contributed by atoms with Gasteiger partial charge in [-0.25, -0.2) is 14.8 Å². The fourth-order valence-corrected chi connectivity index (χ4v) is 14.1. The Morgan fingerprint density at radius 2 is 1.61 bits per heavy atom.